The summed E-state index contributed by atoms with van der Waals surface area (Å²) in [5.74, 6) is 0.0122. The van der Waals surface area contributed by atoms with Crippen molar-refractivity contribution in [1.29, 1.82) is 0 Å². The van der Waals surface area contributed by atoms with E-state index in [-0.39, 0.29) is 24.4 Å². The van der Waals surface area contributed by atoms with Crippen LogP contribution in [0.5, 0.6) is 5.75 Å². The molecule has 0 radical (unpaired) electrons. The van der Waals surface area contributed by atoms with Crippen LogP contribution >= 0.6 is 0 Å². The molecule has 0 saturated heterocycles. The Morgan fingerprint density at radius 1 is 0.881 bits per heavy atom. The number of fused-ring (bicyclic) bond motifs is 1. The topological polar surface area (TPSA) is 108 Å². The minimum atomic E-state index is -0.752. The van der Waals surface area contributed by atoms with Gasteiger partial charge in [-0.2, -0.15) is 0 Å². The van der Waals surface area contributed by atoms with Crippen LogP contribution in [-0.4, -0.2) is 39.4 Å². The third-order valence-electron chi connectivity index (χ3n) is 7.11. The molecular weight excluding hydrogens is 528 g/mol. The zero-order chi connectivity index (χ0) is 29.6. The molecule has 0 aliphatic rings. The zero-order valence-electron chi connectivity index (χ0n) is 23.6. The number of primary amides is 1. The first-order valence-corrected chi connectivity index (χ1v) is 13.8. The number of aromatic nitrogens is 2. The lowest BCUT2D eigenvalue weighted by atomic mass is 10.0. The van der Waals surface area contributed by atoms with Crippen molar-refractivity contribution in [2.24, 2.45) is 5.73 Å². The number of nitrogens with two attached hydrogens (primary N) is 1. The summed E-state index contributed by atoms with van der Waals surface area (Å²) in [4.78, 5) is 45.9. The minimum absolute atomic E-state index is 0.0492. The summed E-state index contributed by atoms with van der Waals surface area (Å²) in [6.07, 6.45) is 0.0492. The Morgan fingerprint density at radius 3 is 2.19 bits per heavy atom. The molecule has 42 heavy (non-hydrogen) atoms. The van der Waals surface area contributed by atoms with Crippen LogP contribution < -0.4 is 16.0 Å². The Kier molecular flexibility index (Phi) is 8.43. The number of benzene rings is 4. The second-order valence-corrected chi connectivity index (χ2v) is 9.96. The molecule has 2 amide bonds. The molecule has 8 heteroatoms. The van der Waals surface area contributed by atoms with E-state index in [4.69, 9.17) is 15.5 Å². The summed E-state index contributed by atoms with van der Waals surface area (Å²) in [6, 6.07) is 31.1. The van der Waals surface area contributed by atoms with E-state index in [0.717, 1.165) is 16.7 Å². The van der Waals surface area contributed by atoms with Gasteiger partial charge in [0.2, 0.25) is 11.8 Å². The summed E-state index contributed by atoms with van der Waals surface area (Å²) in [6.45, 7) is 3.83. The molecule has 0 aliphatic heterocycles. The van der Waals surface area contributed by atoms with Crippen molar-refractivity contribution in [3.63, 3.8) is 0 Å². The highest BCUT2D eigenvalue weighted by Gasteiger charge is 2.28. The fraction of sp³-hybridized carbons (Fsp3) is 0.176. The van der Waals surface area contributed by atoms with Gasteiger partial charge >= 0.3 is 0 Å². The Bertz CT molecular complexity index is 1760. The number of rotatable bonds is 10. The maximum atomic E-state index is 13.8. The number of carbonyl (C=O) groups excluding carboxylic acids is 2. The molecule has 1 heterocycles. The highest BCUT2D eigenvalue weighted by molar-refractivity contribution is 5.85. The molecule has 212 valence electrons. The molecule has 0 saturated carbocycles. The van der Waals surface area contributed by atoms with Crippen LogP contribution in [0, 0.1) is 0 Å². The van der Waals surface area contributed by atoms with Crippen molar-refractivity contribution in [2.75, 3.05) is 13.2 Å². The van der Waals surface area contributed by atoms with E-state index in [1.54, 1.807) is 55.5 Å². The van der Waals surface area contributed by atoms with E-state index in [9.17, 15) is 14.4 Å². The average Bonchev–Trinajstić information content (AvgIpc) is 3.01. The highest BCUT2D eigenvalue weighted by atomic mass is 16.5. The first kappa shape index (κ1) is 28.3. The van der Waals surface area contributed by atoms with Gasteiger partial charge in [0, 0.05) is 0 Å². The second-order valence-electron chi connectivity index (χ2n) is 9.96. The molecule has 0 aliphatic carbocycles. The maximum absolute atomic E-state index is 13.8. The number of nitrogens with zero attached hydrogens (tertiary/aromatic N) is 3. The first-order chi connectivity index (χ1) is 20.4. The van der Waals surface area contributed by atoms with Gasteiger partial charge in [-0.3, -0.25) is 19.0 Å². The average molecular weight is 561 g/mol. The monoisotopic (exact) mass is 560 g/mol. The Hall–Kier alpha value is -5.24. The molecule has 0 spiro atoms. The molecule has 2 N–H and O–H groups in total. The number of amides is 2. The van der Waals surface area contributed by atoms with Crippen LogP contribution in [0.25, 0.3) is 27.7 Å². The molecule has 1 unspecified atom stereocenters. The number of carbonyl (C=O) groups is 2. The van der Waals surface area contributed by atoms with Crippen LogP contribution in [-0.2, 0) is 16.0 Å². The summed E-state index contributed by atoms with van der Waals surface area (Å²) in [5.41, 5.74) is 9.28. The highest BCUT2D eigenvalue weighted by Crippen LogP contribution is 2.25. The lowest BCUT2D eigenvalue weighted by Gasteiger charge is -2.30. The SMILES string of the molecule is CCOc1ccc(-n2c(C(C)N(CC(N)=O)C(=O)Cc3ccc(-c4ccccc4)cc3)nc3ccccc3c2=O)cc1. The summed E-state index contributed by atoms with van der Waals surface area (Å²) >= 11 is 0. The van der Waals surface area contributed by atoms with Crippen LogP contribution in [0.15, 0.2) is 108 Å². The lowest BCUT2D eigenvalue weighted by Crippen LogP contribution is -2.42. The van der Waals surface area contributed by atoms with Gasteiger partial charge in [0.15, 0.2) is 0 Å². The third-order valence-corrected chi connectivity index (χ3v) is 7.11. The standard InChI is InChI=1S/C34H32N4O4/c1-3-42-28-19-17-27(18-20-28)38-33(36-30-12-8-7-11-29(30)34(38)41)23(2)37(22-31(35)39)32(40)21-24-13-15-26(16-14-24)25-9-5-4-6-10-25/h4-20,23H,3,21-22H2,1-2H3,(H2,35,39). The third kappa shape index (κ3) is 6.07. The molecular formula is C34H32N4O4. The number of hydrogen-bond acceptors (Lipinski definition) is 5. The molecule has 5 rings (SSSR count). The van der Waals surface area contributed by atoms with Gasteiger partial charge in [0.05, 0.1) is 35.7 Å². The molecule has 5 aromatic rings. The summed E-state index contributed by atoms with van der Waals surface area (Å²) in [7, 11) is 0. The molecule has 1 aromatic heterocycles. The van der Waals surface area contributed by atoms with Gasteiger partial charge in [0.25, 0.3) is 5.56 Å². The Morgan fingerprint density at radius 2 is 1.52 bits per heavy atom. The lowest BCUT2D eigenvalue weighted by molar-refractivity contribution is -0.137. The Labute approximate surface area is 244 Å². The van der Waals surface area contributed by atoms with Crippen LogP contribution in [0.3, 0.4) is 0 Å². The van der Waals surface area contributed by atoms with Crippen molar-refractivity contribution >= 4 is 22.7 Å². The molecule has 1 atom stereocenters. The first-order valence-electron chi connectivity index (χ1n) is 13.8. The molecule has 0 bridgehead atoms. The second kappa shape index (κ2) is 12.5. The molecule has 0 fully saturated rings. The predicted octanol–water partition coefficient (Wildman–Crippen LogP) is 5.07. The normalized spacial score (nSPS) is 11.7. The Balaban J connectivity index is 1.52. The van der Waals surface area contributed by atoms with Crippen LogP contribution in [0.2, 0.25) is 0 Å². The largest absolute Gasteiger partial charge is 0.494 e. The number of ether oxygens (including phenoxy) is 1. The van der Waals surface area contributed by atoms with E-state index in [1.165, 1.54) is 9.47 Å². The van der Waals surface area contributed by atoms with Gasteiger partial charge in [-0.1, -0.05) is 66.7 Å². The van der Waals surface area contributed by atoms with Crippen molar-refractivity contribution in [3.8, 4) is 22.6 Å². The maximum Gasteiger partial charge on any atom is 0.266 e. The predicted molar refractivity (Wildman–Crippen MR) is 163 cm³/mol. The van der Waals surface area contributed by atoms with Crippen molar-refractivity contribution in [1.82, 2.24) is 14.5 Å². The van der Waals surface area contributed by atoms with Crippen molar-refractivity contribution in [3.05, 3.63) is 125 Å². The van der Waals surface area contributed by atoms with E-state index < -0.39 is 11.9 Å². The van der Waals surface area contributed by atoms with Gasteiger partial charge in [-0.05, 0) is 66.9 Å². The fourth-order valence-electron chi connectivity index (χ4n) is 5.01. The van der Waals surface area contributed by atoms with Gasteiger partial charge in [-0.15, -0.1) is 0 Å². The van der Waals surface area contributed by atoms with Crippen molar-refractivity contribution in [2.45, 2.75) is 26.3 Å². The zero-order valence-corrected chi connectivity index (χ0v) is 23.6. The van der Waals surface area contributed by atoms with E-state index in [1.807, 2.05) is 61.5 Å². The molecule has 4 aromatic carbocycles. The van der Waals surface area contributed by atoms with Crippen molar-refractivity contribution < 1.29 is 14.3 Å². The van der Waals surface area contributed by atoms with E-state index in [0.29, 0.717) is 34.8 Å². The number of hydrogen-bond donors (Lipinski definition) is 1. The van der Waals surface area contributed by atoms with Gasteiger partial charge in [0.1, 0.15) is 18.1 Å². The number of para-hydroxylation sites is 1. The van der Waals surface area contributed by atoms with Crippen LogP contribution in [0.1, 0.15) is 31.3 Å². The smallest absolute Gasteiger partial charge is 0.266 e. The summed E-state index contributed by atoms with van der Waals surface area (Å²) in [5, 5.41) is 0.439. The quantitative estimate of drug-likeness (QED) is 0.257. The van der Waals surface area contributed by atoms with Gasteiger partial charge in [-0.25, -0.2) is 4.98 Å². The summed E-state index contributed by atoms with van der Waals surface area (Å²) < 4.78 is 7.05. The minimum Gasteiger partial charge on any atom is -0.494 e. The van der Waals surface area contributed by atoms with Gasteiger partial charge < -0.3 is 15.4 Å². The van der Waals surface area contributed by atoms with E-state index in [2.05, 4.69) is 0 Å². The van der Waals surface area contributed by atoms with E-state index >= 15 is 0 Å². The molecule has 8 nitrogen and oxygen atoms in total. The van der Waals surface area contributed by atoms with Crippen LogP contribution in [0.4, 0.5) is 0 Å². The fourth-order valence-corrected chi connectivity index (χ4v) is 5.01.